The molecule has 9 heteroatoms. The summed E-state index contributed by atoms with van der Waals surface area (Å²) in [6, 6.07) is -1.23. The molecule has 25 heavy (non-hydrogen) atoms. The van der Waals surface area contributed by atoms with Gasteiger partial charge in [0, 0.05) is 27.2 Å². The lowest BCUT2D eigenvalue weighted by atomic mass is 10.1. The topological polar surface area (TPSA) is 88.1 Å². The number of Topliss-reactive ketones (excluding diaryl/α,β-unsaturated/α-hetero) is 1. The van der Waals surface area contributed by atoms with Gasteiger partial charge < -0.3 is 4.74 Å². The first-order valence-corrected chi connectivity index (χ1v) is 8.14. The number of urea groups is 1. The molecule has 0 saturated carbocycles. The average Bonchev–Trinajstić information content (AvgIpc) is 3.06. The van der Waals surface area contributed by atoms with Crippen molar-refractivity contribution in [3.8, 4) is 0 Å². The predicted molar refractivity (Wildman–Crippen MR) is 87.5 cm³/mol. The average molecular weight is 348 g/mol. The Morgan fingerprint density at radius 3 is 2.76 bits per heavy atom. The maximum absolute atomic E-state index is 12.8. The highest BCUT2D eigenvalue weighted by atomic mass is 16.5. The van der Waals surface area contributed by atoms with Crippen molar-refractivity contribution in [2.24, 2.45) is 4.99 Å². The number of fused-ring (bicyclic) bond motifs is 3. The lowest BCUT2D eigenvalue weighted by molar-refractivity contribution is -0.677. The third-order valence-corrected chi connectivity index (χ3v) is 4.43. The third kappa shape index (κ3) is 2.74. The minimum atomic E-state index is -0.709. The fourth-order valence-electron chi connectivity index (χ4n) is 3.24. The molecule has 1 saturated heterocycles. The Balaban J connectivity index is 1.98. The number of ketones is 1. The minimum Gasteiger partial charge on any atom is -0.385 e. The van der Waals surface area contributed by atoms with Crippen LogP contribution in [0.5, 0.6) is 0 Å². The van der Waals surface area contributed by atoms with Gasteiger partial charge in [-0.3, -0.25) is 19.4 Å². The monoisotopic (exact) mass is 348 g/mol. The molecule has 0 radical (unpaired) electrons. The van der Waals surface area contributed by atoms with E-state index in [1.165, 1.54) is 11.8 Å². The summed E-state index contributed by atoms with van der Waals surface area (Å²) in [4.78, 5) is 43.6. The number of ether oxygens (including phenoxy) is 1. The summed E-state index contributed by atoms with van der Waals surface area (Å²) in [5.74, 6) is 0.360. The molecular weight excluding hydrogens is 326 g/mol. The van der Waals surface area contributed by atoms with E-state index in [0.717, 1.165) is 17.0 Å². The molecule has 134 valence electrons. The maximum atomic E-state index is 12.8. The van der Waals surface area contributed by atoms with Crippen LogP contribution in [0.1, 0.15) is 25.1 Å². The smallest absolute Gasteiger partial charge is 0.385 e. The molecule has 3 heterocycles. The number of amides is 3. The summed E-state index contributed by atoms with van der Waals surface area (Å²) >= 11 is 0. The number of imidazole rings is 1. The number of aliphatic imine (C=N–C) groups is 1. The van der Waals surface area contributed by atoms with Crippen LogP contribution < -0.4 is 4.57 Å². The molecule has 2 aliphatic rings. The zero-order valence-corrected chi connectivity index (χ0v) is 14.9. The Kier molecular flexibility index (Phi) is 4.42. The highest BCUT2D eigenvalue weighted by Gasteiger charge is 2.53. The number of imide groups is 1. The van der Waals surface area contributed by atoms with Crippen LogP contribution in [-0.2, 0) is 20.9 Å². The largest absolute Gasteiger partial charge is 0.401 e. The Bertz CT molecular complexity index is 782. The minimum absolute atomic E-state index is 0.227. The van der Waals surface area contributed by atoms with E-state index >= 15 is 0 Å². The van der Waals surface area contributed by atoms with Crippen LogP contribution in [0.2, 0.25) is 0 Å². The number of rotatable bonds is 6. The fraction of sp³-hybridized carbons (Fsp3) is 0.562. The molecule has 0 bridgehead atoms. The number of hydrogen-bond acceptors (Lipinski definition) is 5. The van der Waals surface area contributed by atoms with Gasteiger partial charge in [-0.1, -0.05) is 4.99 Å². The Morgan fingerprint density at radius 2 is 2.12 bits per heavy atom. The second-order valence-corrected chi connectivity index (χ2v) is 6.32. The van der Waals surface area contributed by atoms with E-state index in [2.05, 4.69) is 4.99 Å². The van der Waals surface area contributed by atoms with Crippen molar-refractivity contribution >= 4 is 29.5 Å². The van der Waals surface area contributed by atoms with E-state index in [4.69, 9.17) is 4.74 Å². The second-order valence-electron chi connectivity index (χ2n) is 6.32. The number of aromatic nitrogens is 2. The standard InChI is InChI=1S/C16H22N5O4/c1-10-8-20-12-13(17-15(20)19(10)6-5-7-25-4)18(3)16(24)21(14(12)23)9-11(2)22/h8,12H,5-7,9H2,1-4H3/q+1. The zero-order chi connectivity index (χ0) is 18.3. The Morgan fingerprint density at radius 1 is 1.40 bits per heavy atom. The van der Waals surface area contributed by atoms with Crippen molar-refractivity contribution < 1.29 is 23.7 Å². The number of carbonyl (C=O) groups is 3. The highest BCUT2D eigenvalue weighted by Crippen LogP contribution is 2.29. The van der Waals surface area contributed by atoms with Gasteiger partial charge in [-0.05, 0) is 13.8 Å². The zero-order valence-electron chi connectivity index (χ0n) is 14.9. The van der Waals surface area contributed by atoms with Crippen molar-refractivity contribution in [1.29, 1.82) is 0 Å². The van der Waals surface area contributed by atoms with Crippen molar-refractivity contribution in [2.45, 2.75) is 32.9 Å². The number of hydrogen-bond donors (Lipinski definition) is 0. The molecule has 1 aromatic rings. The molecule has 0 N–H and O–H groups in total. The van der Waals surface area contributed by atoms with Crippen LogP contribution in [0.25, 0.3) is 0 Å². The van der Waals surface area contributed by atoms with Gasteiger partial charge in [-0.2, -0.15) is 0 Å². The van der Waals surface area contributed by atoms with Crippen molar-refractivity contribution in [2.75, 3.05) is 27.3 Å². The predicted octanol–water partition coefficient (Wildman–Crippen LogP) is 0.188. The van der Waals surface area contributed by atoms with Crippen LogP contribution in [0.15, 0.2) is 11.2 Å². The normalized spacial score (nSPS) is 19.2. The molecule has 0 aromatic carbocycles. The fourth-order valence-corrected chi connectivity index (χ4v) is 3.24. The molecule has 1 atom stereocenters. The molecular formula is C16H22N5O4+. The van der Waals surface area contributed by atoms with Gasteiger partial charge in [0.15, 0.2) is 0 Å². The van der Waals surface area contributed by atoms with Crippen molar-refractivity contribution in [1.82, 2.24) is 14.4 Å². The van der Waals surface area contributed by atoms with Gasteiger partial charge >= 0.3 is 12.0 Å². The summed E-state index contributed by atoms with van der Waals surface area (Å²) in [6.07, 6.45) is 2.67. The SMILES string of the molecule is COCCCn1c(C)c[n+]2c1N=C1C2C(=O)N(CC(C)=O)C(=O)N1C. The molecule has 1 fully saturated rings. The highest BCUT2D eigenvalue weighted by molar-refractivity contribution is 6.19. The molecule has 3 rings (SSSR count). The van der Waals surface area contributed by atoms with E-state index in [1.54, 1.807) is 18.7 Å². The van der Waals surface area contributed by atoms with Crippen LogP contribution in [0, 0.1) is 6.92 Å². The number of nitrogens with zero attached hydrogens (tertiary/aromatic N) is 5. The van der Waals surface area contributed by atoms with Crippen LogP contribution >= 0.6 is 0 Å². The van der Waals surface area contributed by atoms with Crippen LogP contribution in [-0.4, -0.2) is 65.2 Å². The number of methoxy groups -OCH3 is 1. The van der Waals surface area contributed by atoms with Crippen LogP contribution in [0.3, 0.4) is 0 Å². The van der Waals surface area contributed by atoms with Crippen molar-refractivity contribution in [3.63, 3.8) is 0 Å². The van der Waals surface area contributed by atoms with E-state index in [-0.39, 0.29) is 12.3 Å². The molecule has 2 aliphatic heterocycles. The molecule has 3 amide bonds. The first kappa shape index (κ1) is 17.3. The van der Waals surface area contributed by atoms with Gasteiger partial charge in [0.2, 0.25) is 11.9 Å². The van der Waals surface area contributed by atoms with Crippen molar-refractivity contribution in [3.05, 3.63) is 11.9 Å². The summed E-state index contributed by atoms with van der Waals surface area (Å²) in [5, 5.41) is 0. The molecule has 0 spiro atoms. The Hall–Kier alpha value is -2.55. The summed E-state index contributed by atoms with van der Waals surface area (Å²) < 4.78 is 8.87. The number of amidine groups is 1. The van der Waals surface area contributed by atoms with E-state index < -0.39 is 18.0 Å². The molecule has 0 aliphatic carbocycles. The first-order valence-electron chi connectivity index (χ1n) is 8.14. The number of likely N-dealkylation sites (N-methyl/N-ethyl adjacent to an activating group) is 1. The molecule has 9 nitrogen and oxygen atoms in total. The van der Waals surface area contributed by atoms with Crippen LogP contribution in [0.4, 0.5) is 10.7 Å². The van der Waals surface area contributed by atoms with E-state index in [9.17, 15) is 14.4 Å². The lowest BCUT2D eigenvalue weighted by Crippen LogP contribution is -2.63. The summed E-state index contributed by atoms with van der Waals surface area (Å²) in [6.45, 7) is 4.40. The van der Waals surface area contributed by atoms with E-state index in [1.807, 2.05) is 17.7 Å². The summed E-state index contributed by atoms with van der Waals surface area (Å²) in [7, 11) is 3.22. The number of carbonyl (C=O) groups excluding carboxylic acids is 3. The first-order chi connectivity index (χ1) is 11.9. The lowest BCUT2D eigenvalue weighted by Gasteiger charge is -2.32. The van der Waals surface area contributed by atoms with Gasteiger partial charge in [0.1, 0.15) is 17.7 Å². The summed E-state index contributed by atoms with van der Waals surface area (Å²) in [5.41, 5.74) is 0.972. The van der Waals surface area contributed by atoms with Gasteiger partial charge in [-0.15, -0.1) is 0 Å². The van der Waals surface area contributed by atoms with Gasteiger partial charge in [0.05, 0.1) is 13.1 Å². The van der Waals surface area contributed by atoms with Gasteiger partial charge in [-0.25, -0.2) is 13.9 Å². The quantitative estimate of drug-likeness (QED) is 0.542. The third-order valence-electron chi connectivity index (χ3n) is 4.43. The van der Waals surface area contributed by atoms with E-state index in [0.29, 0.717) is 24.9 Å². The number of aryl methyl sites for hydroxylation is 1. The Labute approximate surface area is 145 Å². The van der Waals surface area contributed by atoms with Gasteiger partial charge in [0.25, 0.3) is 5.91 Å². The second kappa shape index (κ2) is 6.40. The molecule has 1 aromatic heterocycles. The molecule has 1 unspecified atom stereocenters. The maximum Gasteiger partial charge on any atom is 0.401 e.